The summed E-state index contributed by atoms with van der Waals surface area (Å²) < 4.78 is 9.87. The van der Waals surface area contributed by atoms with Gasteiger partial charge in [0.1, 0.15) is 5.60 Å². The fraction of sp³-hybridized carbons (Fsp3) is 0.444. The van der Waals surface area contributed by atoms with Crippen LogP contribution >= 0.6 is 0 Å². The van der Waals surface area contributed by atoms with Gasteiger partial charge in [0.25, 0.3) is 0 Å². The van der Waals surface area contributed by atoms with Crippen LogP contribution in [0, 0.1) is 0 Å². The molecule has 1 N–H and O–H groups in total. The van der Waals surface area contributed by atoms with E-state index in [1.54, 1.807) is 12.2 Å². The molecule has 1 rings (SSSR count). The number of esters is 1. The summed E-state index contributed by atoms with van der Waals surface area (Å²) in [6, 6.07) is 9.52. The van der Waals surface area contributed by atoms with E-state index in [-0.39, 0.29) is 18.4 Å². The van der Waals surface area contributed by atoms with E-state index >= 15 is 0 Å². The molecule has 0 fully saturated rings. The fourth-order valence-electron chi connectivity index (χ4n) is 1.91. The Balaban J connectivity index is 2.71. The number of hydrogen-bond acceptors (Lipinski definition) is 4. The molecule has 0 aliphatic rings. The molecule has 126 valence electrons. The van der Waals surface area contributed by atoms with Crippen molar-refractivity contribution in [2.45, 2.75) is 45.3 Å². The van der Waals surface area contributed by atoms with Crippen LogP contribution in [0.4, 0.5) is 4.79 Å². The maximum atomic E-state index is 12.0. The van der Waals surface area contributed by atoms with Crippen molar-refractivity contribution >= 4 is 12.1 Å². The Kier molecular flexibility index (Phi) is 7.32. The van der Waals surface area contributed by atoms with Crippen LogP contribution in [-0.4, -0.2) is 30.8 Å². The highest BCUT2D eigenvalue weighted by Crippen LogP contribution is 2.09. The maximum Gasteiger partial charge on any atom is 0.408 e. The molecule has 1 aromatic rings. The van der Waals surface area contributed by atoms with E-state index in [1.165, 1.54) is 7.11 Å². The summed E-state index contributed by atoms with van der Waals surface area (Å²) in [6.45, 7) is 5.43. The monoisotopic (exact) mass is 319 g/mol. The topological polar surface area (TPSA) is 64.6 Å². The molecule has 0 saturated carbocycles. The highest BCUT2D eigenvalue weighted by atomic mass is 16.6. The van der Waals surface area contributed by atoms with E-state index in [9.17, 15) is 9.59 Å². The number of benzene rings is 1. The number of ether oxygens (including phenoxy) is 2. The molecule has 0 spiro atoms. The minimum absolute atomic E-state index is 0.164. The van der Waals surface area contributed by atoms with Crippen LogP contribution in [0.1, 0.15) is 32.8 Å². The van der Waals surface area contributed by atoms with Crippen molar-refractivity contribution in [3.05, 3.63) is 48.0 Å². The van der Waals surface area contributed by atoms with Crippen LogP contribution in [-0.2, 0) is 20.7 Å². The van der Waals surface area contributed by atoms with Gasteiger partial charge in [-0.25, -0.2) is 4.79 Å². The first-order chi connectivity index (χ1) is 10.8. The van der Waals surface area contributed by atoms with Crippen molar-refractivity contribution in [2.24, 2.45) is 0 Å². The molecule has 5 nitrogen and oxygen atoms in total. The predicted octanol–water partition coefficient (Wildman–Crippen LogP) is 3.24. The molecule has 0 saturated heterocycles. The third-order valence-corrected chi connectivity index (χ3v) is 2.88. The van der Waals surface area contributed by atoms with E-state index in [2.05, 4.69) is 10.1 Å². The van der Waals surface area contributed by atoms with Gasteiger partial charge < -0.3 is 14.8 Å². The standard InChI is InChI=1S/C18H25NO4/c1-18(2,3)23-17(21)19-15(11-8-12-16(20)22-4)13-14-9-6-5-7-10-14/h5-11,15H,12-13H2,1-4H3,(H,19,21)/b11-8+. The lowest BCUT2D eigenvalue weighted by molar-refractivity contribution is -0.139. The summed E-state index contributed by atoms with van der Waals surface area (Å²) in [7, 11) is 1.34. The first-order valence-corrected chi connectivity index (χ1v) is 7.57. The molecular formula is C18H25NO4. The van der Waals surface area contributed by atoms with Gasteiger partial charge in [0, 0.05) is 0 Å². The summed E-state index contributed by atoms with van der Waals surface area (Å²) in [6.07, 6.45) is 3.77. The first-order valence-electron chi connectivity index (χ1n) is 7.57. The van der Waals surface area contributed by atoms with Crippen molar-refractivity contribution in [2.75, 3.05) is 7.11 Å². The summed E-state index contributed by atoms with van der Waals surface area (Å²) in [5.74, 6) is -0.322. The second-order valence-corrected chi connectivity index (χ2v) is 6.15. The van der Waals surface area contributed by atoms with Crippen molar-refractivity contribution in [3.8, 4) is 0 Å². The molecule has 1 amide bonds. The quantitative estimate of drug-likeness (QED) is 0.646. The van der Waals surface area contributed by atoms with Gasteiger partial charge >= 0.3 is 12.1 Å². The molecule has 0 aromatic heterocycles. The van der Waals surface area contributed by atoms with E-state index in [0.29, 0.717) is 6.42 Å². The molecule has 5 heteroatoms. The van der Waals surface area contributed by atoms with E-state index in [4.69, 9.17) is 4.74 Å². The zero-order valence-corrected chi connectivity index (χ0v) is 14.2. The number of hydrogen-bond donors (Lipinski definition) is 1. The number of carbonyl (C=O) groups excluding carboxylic acids is 2. The van der Waals surface area contributed by atoms with Crippen LogP contribution in [0.25, 0.3) is 0 Å². The number of amides is 1. The number of rotatable bonds is 6. The minimum Gasteiger partial charge on any atom is -0.469 e. The first kappa shape index (κ1) is 18.7. The lowest BCUT2D eigenvalue weighted by Gasteiger charge is -2.22. The van der Waals surface area contributed by atoms with Gasteiger partial charge in [0.05, 0.1) is 19.6 Å². The third kappa shape index (κ3) is 8.66. The van der Waals surface area contributed by atoms with Crippen LogP contribution < -0.4 is 5.32 Å². The summed E-state index contributed by atoms with van der Waals surface area (Å²) in [4.78, 5) is 23.1. The van der Waals surface area contributed by atoms with Gasteiger partial charge in [-0.05, 0) is 32.8 Å². The van der Waals surface area contributed by atoms with Gasteiger partial charge in [0.2, 0.25) is 0 Å². The zero-order valence-electron chi connectivity index (χ0n) is 14.2. The van der Waals surface area contributed by atoms with Gasteiger partial charge in [0.15, 0.2) is 0 Å². The Morgan fingerprint density at radius 3 is 2.43 bits per heavy atom. The Morgan fingerprint density at radius 1 is 1.22 bits per heavy atom. The molecule has 0 heterocycles. The highest BCUT2D eigenvalue weighted by molar-refractivity contribution is 5.71. The van der Waals surface area contributed by atoms with Crippen LogP contribution in [0.2, 0.25) is 0 Å². The summed E-state index contributed by atoms with van der Waals surface area (Å²) in [5.41, 5.74) is 0.521. The second kappa shape index (κ2) is 8.98. The Labute approximate surface area is 137 Å². The lowest BCUT2D eigenvalue weighted by atomic mass is 10.1. The SMILES string of the molecule is COC(=O)C/C=C/C(Cc1ccccc1)NC(=O)OC(C)(C)C. The van der Waals surface area contributed by atoms with Crippen LogP contribution in [0.5, 0.6) is 0 Å². The van der Waals surface area contributed by atoms with Gasteiger partial charge in [-0.3, -0.25) is 4.79 Å². The number of nitrogens with one attached hydrogen (secondary N) is 1. The smallest absolute Gasteiger partial charge is 0.408 e. The Morgan fingerprint density at radius 2 is 1.87 bits per heavy atom. The normalized spacial score (nSPS) is 12.7. The number of methoxy groups -OCH3 is 1. The van der Waals surface area contributed by atoms with Crippen molar-refractivity contribution in [3.63, 3.8) is 0 Å². The largest absolute Gasteiger partial charge is 0.469 e. The molecule has 1 unspecified atom stereocenters. The number of carbonyl (C=O) groups is 2. The molecule has 0 aliphatic heterocycles. The fourth-order valence-corrected chi connectivity index (χ4v) is 1.91. The zero-order chi connectivity index (χ0) is 17.3. The molecule has 1 aromatic carbocycles. The molecule has 0 bridgehead atoms. The van der Waals surface area contributed by atoms with Crippen LogP contribution in [0.15, 0.2) is 42.5 Å². The van der Waals surface area contributed by atoms with Crippen molar-refractivity contribution in [1.29, 1.82) is 0 Å². The summed E-state index contributed by atoms with van der Waals surface area (Å²) >= 11 is 0. The van der Waals surface area contributed by atoms with Crippen LogP contribution in [0.3, 0.4) is 0 Å². The maximum absolute atomic E-state index is 12.0. The Bertz CT molecular complexity index is 532. The average Bonchev–Trinajstić information content (AvgIpc) is 2.45. The number of alkyl carbamates (subject to hydrolysis) is 1. The average molecular weight is 319 g/mol. The highest BCUT2D eigenvalue weighted by Gasteiger charge is 2.18. The van der Waals surface area contributed by atoms with Gasteiger partial charge in [-0.1, -0.05) is 42.5 Å². The van der Waals surface area contributed by atoms with Gasteiger partial charge in [-0.15, -0.1) is 0 Å². The van der Waals surface area contributed by atoms with Gasteiger partial charge in [-0.2, -0.15) is 0 Å². The van der Waals surface area contributed by atoms with Crippen molar-refractivity contribution < 1.29 is 19.1 Å². The lowest BCUT2D eigenvalue weighted by Crippen LogP contribution is -2.39. The molecule has 0 aliphatic carbocycles. The second-order valence-electron chi connectivity index (χ2n) is 6.15. The van der Waals surface area contributed by atoms with E-state index in [0.717, 1.165) is 5.56 Å². The van der Waals surface area contributed by atoms with E-state index < -0.39 is 11.7 Å². The Hall–Kier alpha value is -2.30. The molecule has 0 radical (unpaired) electrons. The van der Waals surface area contributed by atoms with Crippen molar-refractivity contribution in [1.82, 2.24) is 5.32 Å². The predicted molar refractivity (Wildman–Crippen MR) is 89.1 cm³/mol. The molecule has 1 atom stereocenters. The molecule has 23 heavy (non-hydrogen) atoms. The molecular weight excluding hydrogens is 294 g/mol. The summed E-state index contributed by atoms with van der Waals surface area (Å²) in [5, 5.41) is 2.81. The third-order valence-electron chi connectivity index (χ3n) is 2.88. The minimum atomic E-state index is -0.558. The van der Waals surface area contributed by atoms with E-state index in [1.807, 2.05) is 51.1 Å².